The Labute approximate surface area is 125 Å². The van der Waals surface area contributed by atoms with Crippen LogP contribution in [0.3, 0.4) is 0 Å². The van der Waals surface area contributed by atoms with Crippen molar-refractivity contribution in [1.29, 1.82) is 0 Å². The van der Waals surface area contributed by atoms with Crippen molar-refractivity contribution in [2.75, 3.05) is 26.7 Å². The maximum atomic E-state index is 6.04. The van der Waals surface area contributed by atoms with E-state index in [4.69, 9.17) is 11.6 Å². The molecule has 0 spiro atoms. The van der Waals surface area contributed by atoms with Crippen LogP contribution >= 0.6 is 11.6 Å². The fraction of sp³-hybridized carbons (Fsp3) is 0.500. The number of piperidine rings is 1. The van der Waals surface area contributed by atoms with E-state index in [0.717, 1.165) is 29.5 Å². The highest BCUT2D eigenvalue weighted by Gasteiger charge is 2.20. The number of halogens is 1. The summed E-state index contributed by atoms with van der Waals surface area (Å²) >= 11 is 6.04. The summed E-state index contributed by atoms with van der Waals surface area (Å²) in [5, 5.41) is 5.39. The van der Waals surface area contributed by atoms with Crippen LogP contribution in [-0.2, 0) is 6.54 Å². The molecule has 1 aliphatic heterocycles. The van der Waals surface area contributed by atoms with Gasteiger partial charge in [-0.05, 0) is 56.6 Å². The zero-order valence-corrected chi connectivity index (χ0v) is 12.7. The molecule has 1 atom stereocenters. The number of aromatic amines is 1. The summed E-state index contributed by atoms with van der Waals surface area (Å²) in [5.74, 6) is 0.786. The third-order valence-corrected chi connectivity index (χ3v) is 4.45. The summed E-state index contributed by atoms with van der Waals surface area (Å²) in [4.78, 5) is 5.90. The average Bonchev–Trinajstić information content (AvgIpc) is 2.82. The monoisotopic (exact) mass is 291 g/mol. The van der Waals surface area contributed by atoms with Crippen LogP contribution in [0, 0.1) is 5.92 Å². The lowest BCUT2D eigenvalue weighted by Crippen LogP contribution is -2.38. The van der Waals surface area contributed by atoms with Gasteiger partial charge in [0.1, 0.15) is 0 Å². The Balaban J connectivity index is 1.72. The highest BCUT2D eigenvalue weighted by atomic mass is 35.5. The predicted octanol–water partition coefficient (Wildman–Crippen LogP) is 3.25. The number of aromatic nitrogens is 1. The molecule has 0 radical (unpaired) electrons. The van der Waals surface area contributed by atoms with Gasteiger partial charge in [-0.15, -0.1) is 0 Å². The molecule has 1 unspecified atom stereocenters. The number of benzene rings is 1. The summed E-state index contributed by atoms with van der Waals surface area (Å²) in [6.07, 6.45) is 4.78. The topological polar surface area (TPSA) is 31.1 Å². The van der Waals surface area contributed by atoms with Crippen molar-refractivity contribution in [2.24, 2.45) is 5.92 Å². The number of nitrogens with zero attached hydrogens (tertiary/aromatic N) is 1. The van der Waals surface area contributed by atoms with Crippen LogP contribution in [0.15, 0.2) is 24.4 Å². The van der Waals surface area contributed by atoms with Crippen LogP contribution in [0.1, 0.15) is 18.4 Å². The van der Waals surface area contributed by atoms with Crippen molar-refractivity contribution in [3.05, 3.63) is 35.0 Å². The third kappa shape index (κ3) is 3.00. The third-order valence-electron chi connectivity index (χ3n) is 4.22. The van der Waals surface area contributed by atoms with Gasteiger partial charge in [0.05, 0.1) is 0 Å². The molecule has 1 aromatic carbocycles. The zero-order chi connectivity index (χ0) is 13.9. The smallest absolute Gasteiger partial charge is 0.0472 e. The number of likely N-dealkylation sites (tertiary alicyclic amines) is 1. The molecule has 20 heavy (non-hydrogen) atoms. The first-order chi connectivity index (χ1) is 9.76. The summed E-state index contributed by atoms with van der Waals surface area (Å²) in [7, 11) is 2.04. The second kappa shape index (κ2) is 6.17. The minimum Gasteiger partial charge on any atom is -0.361 e. The van der Waals surface area contributed by atoms with Gasteiger partial charge in [0, 0.05) is 35.2 Å². The Morgan fingerprint density at radius 2 is 2.35 bits per heavy atom. The van der Waals surface area contributed by atoms with Crippen LogP contribution in [0.2, 0.25) is 5.02 Å². The number of nitrogens with one attached hydrogen (secondary N) is 2. The highest BCUT2D eigenvalue weighted by Crippen LogP contribution is 2.25. The molecule has 0 aliphatic carbocycles. The van der Waals surface area contributed by atoms with Gasteiger partial charge >= 0.3 is 0 Å². The molecule has 108 valence electrons. The van der Waals surface area contributed by atoms with Crippen molar-refractivity contribution < 1.29 is 0 Å². The minimum absolute atomic E-state index is 0.786. The molecule has 2 aromatic rings. The normalized spacial score (nSPS) is 20.6. The molecule has 0 amide bonds. The first-order valence-electron chi connectivity index (χ1n) is 7.38. The Kier molecular flexibility index (Phi) is 4.29. The van der Waals surface area contributed by atoms with Crippen molar-refractivity contribution >= 4 is 22.5 Å². The Hall–Kier alpha value is -1.03. The molecule has 1 aliphatic rings. The standard InChI is InChI=1S/C16H22ClN3/c1-18-8-12-3-2-6-20(10-12)11-13-9-19-16-7-14(17)4-5-15(13)16/h4-5,7,9,12,18-19H,2-3,6,8,10-11H2,1H3. The number of fused-ring (bicyclic) bond motifs is 1. The number of H-pyrrole nitrogens is 1. The van der Waals surface area contributed by atoms with E-state index in [1.165, 1.54) is 36.9 Å². The molecule has 0 bridgehead atoms. The molecule has 1 fully saturated rings. The van der Waals surface area contributed by atoms with Crippen LogP contribution in [0.5, 0.6) is 0 Å². The lowest BCUT2D eigenvalue weighted by Gasteiger charge is -2.32. The van der Waals surface area contributed by atoms with E-state index >= 15 is 0 Å². The maximum Gasteiger partial charge on any atom is 0.0472 e. The van der Waals surface area contributed by atoms with Crippen molar-refractivity contribution in [3.8, 4) is 0 Å². The Morgan fingerprint density at radius 1 is 1.45 bits per heavy atom. The fourth-order valence-corrected chi connectivity index (χ4v) is 3.45. The molecular weight excluding hydrogens is 270 g/mol. The molecule has 3 nitrogen and oxygen atoms in total. The van der Waals surface area contributed by atoms with Crippen LogP contribution in [0.25, 0.3) is 10.9 Å². The first kappa shape index (κ1) is 13.9. The van der Waals surface area contributed by atoms with Gasteiger partial charge < -0.3 is 10.3 Å². The second-order valence-corrected chi connectivity index (χ2v) is 6.24. The van der Waals surface area contributed by atoms with E-state index in [1.54, 1.807) is 0 Å². The summed E-state index contributed by atoms with van der Waals surface area (Å²) in [5.41, 5.74) is 2.51. The van der Waals surface area contributed by atoms with E-state index in [-0.39, 0.29) is 0 Å². The van der Waals surface area contributed by atoms with Gasteiger partial charge in [-0.1, -0.05) is 17.7 Å². The molecule has 1 aromatic heterocycles. The zero-order valence-electron chi connectivity index (χ0n) is 12.0. The minimum atomic E-state index is 0.786. The summed E-state index contributed by atoms with van der Waals surface area (Å²) in [6.45, 7) is 4.56. The summed E-state index contributed by atoms with van der Waals surface area (Å²) < 4.78 is 0. The quantitative estimate of drug-likeness (QED) is 0.906. The van der Waals surface area contributed by atoms with Crippen LogP contribution < -0.4 is 5.32 Å². The summed E-state index contributed by atoms with van der Waals surface area (Å²) in [6, 6.07) is 6.10. The van der Waals surface area contributed by atoms with Crippen molar-refractivity contribution in [1.82, 2.24) is 15.2 Å². The largest absolute Gasteiger partial charge is 0.361 e. The molecule has 2 N–H and O–H groups in total. The SMILES string of the molecule is CNCC1CCCN(Cc2c[nH]c3cc(Cl)ccc23)C1. The molecule has 3 rings (SSSR count). The Morgan fingerprint density at radius 3 is 3.20 bits per heavy atom. The number of rotatable bonds is 4. The van der Waals surface area contributed by atoms with Gasteiger partial charge in [-0.3, -0.25) is 4.90 Å². The van der Waals surface area contributed by atoms with E-state index in [2.05, 4.69) is 27.5 Å². The van der Waals surface area contributed by atoms with Gasteiger partial charge in [0.2, 0.25) is 0 Å². The molecular formula is C16H22ClN3. The predicted molar refractivity (Wildman–Crippen MR) is 85.2 cm³/mol. The van der Waals surface area contributed by atoms with Crippen molar-refractivity contribution in [3.63, 3.8) is 0 Å². The van der Waals surface area contributed by atoms with Gasteiger partial charge in [-0.2, -0.15) is 0 Å². The lowest BCUT2D eigenvalue weighted by molar-refractivity contribution is 0.167. The molecule has 0 saturated carbocycles. The van der Waals surface area contributed by atoms with E-state index in [0.29, 0.717) is 0 Å². The lowest BCUT2D eigenvalue weighted by atomic mass is 9.97. The molecule has 4 heteroatoms. The Bertz CT molecular complexity index is 576. The molecule has 2 heterocycles. The maximum absolute atomic E-state index is 6.04. The van der Waals surface area contributed by atoms with Gasteiger partial charge in [-0.25, -0.2) is 0 Å². The van der Waals surface area contributed by atoms with Gasteiger partial charge in [0.15, 0.2) is 0 Å². The van der Waals surface area contributed by atoms with E-state index in [1.807, 2.05) is 19.2 Å². The van der Waals surface area contributed by atoms with E-state index < -0.39 is 0 Å². The highest BCUT2D eigenvalue weighted by molar-refractivity contribution is 6.31. The average molecular weight is 292 g/mol. The number of hydrogen-bond donors (Lipinski definition) is 2. The van der Waals surface area contributed by atoms with Gasteiger partial charge in [0.25, 0.3) is 0 Å². The van der Waals surface area contributed by atoms with Crippen LogP contribution in [0.4, 0.5) is 0 Å². The van der Waals surface area contributed by atoms with E-state index in [9.17, 15) is 0 Å². The van der Waals surface area contributed by atoms with Crippen molar-refractivity contribution in [2.45, 2.75) is 19.4 Å². The fourth-order valence-electron chi connectivity index (χ4n) is 3.28. The second-order valence-electron chi connectivity index (χ2n) is 5.80. The molecule has 1 saturated heterocycles. The van der Waals surface area contributed by atoms with Crippen LogP contribution in [-0.4, -0.2) is 36.6 Å². The first-order valence-corrected chi connectivity index (χ1v) is 7.76. The number of hydrogen-bond acceptors (Lipinski definition) is 2.